The van der Waals surface area contributed by atoms with Gasteiger partial charge in [-0.1, -0.05) is 86.1 Å². The first-order chi connectivity index (χ1) is 36.6. The Bertz CT molecular complexity index is 3210. The quantitative estimate of drug-likeness (QED) is 0.0446. The van der Waals surface area contributed by atoms with Crippen LogP contribution in [0.5, 0.6) is 11.5 Å². The number of nitrogens with zero attached hydrogens (tertiary/aromatic N) is 4. The minimum Gasteiger partial charge on any atom is -0.476 e. The van der Waals surface area contributed by atoms with E-state index in [0.29, 0.717) is 75.2 Å². The van der Waals surface area contributed by atoms with E-state index < -0.39 is 58.4 Å². The third-order valence-corrected chi connectivity index (χ3v) is 12.7. The van der Waals surface area contributed by atoms with Gasteiger partial charge in [-0.25, -0.2) is 19.6 Å². The van der Waals surface area contributed by atoms with Crippen molar-refractivity contribution in [3.63, 3.8) is 0 Å². The number of alkyl halides is 9. The van der Waals surface area contributed by atoms with E-state index in [1.54, 1.807) is 60.4 Å². The van der Waals surface area contributed by atoms with E-state index in [1.807, 2.05) is 31.2 Å². The fraction of sp³-hybridized carbons (Fsp3) is 0.300. The molecule has 7 aromatic rings. The Labute approximate surface area is 446 Å². The molecule has 410 valence electrons. The third kappa shape index (κ3) is 14.8. The minimum atomic E-state index is -4.54. The van der Waals surface area contributed by atoms with Crippen LogP contribution in [0.15, 0.2) is 146 Å². The number of aryl methyl sites for hydroxylation is 2. The van der Waals surface area contributed by atoms with Crippen molar-refractivity contribution in [3.8, 4) is 34.0 Å². The predicted octanol–water partition coefficient (Wildman–Crippen LogP) is 15.6. The summed E-state index contributed by atoms with van der Waals surface area (Å²) < 4.78 is 138. The number of anilines is 2. The van der Waals surface area contributed by atoms with Gasteiger partial charge in [0.25, 0.3) is 0 Å². The summed E-state index contributed by atoms with van der Waals surface area (Å²) in [6.07, 6.45) is -11.8. The highest BCUT2D eigenvalue weighted by Crippen LogP contribution is 2.35. The lowest BCUT2D eigenvalue weighted by Crippen LogP contribution is -2.46. The predicted molar refractivity (Wildman–Crippen MR) is 280 cm³/mol. The number of pyridine rings is 2. The molecule has 0 fully saturated rings. The van der Waals surface area contributed by atoms with E-state index in [0.717, 1.165) is 54.8 Å². The number of hydrogen-bond acceptors (Lipinski definition) is 9. The summed E-state index contributed by atoms with van der Waals surface area (Å²) in [6.45, 7) is 12.8. The number of benzene rings is 5. The molecule has 0 saturated carbocycles. The summed E-state index contributed by atoms with van der Waals surface area (Å²) in [7, 11) is 0. The number of carbonyl (C=O) groups is 2. The standard InChI is InChI=1S/C60H57F9N4O5/c1-8-9-32-72(52-14-10-12-48(70-52)43-20-26-46(27-21-43)59(64,65)66)36-41-18-30-50(38(2)33-41)77-56(4,5)54(74)76-55(75)57(6,7)78-51-31-19-42(34-39(51)3)37-73(35-40-16-24-45(25-17-40)58(61,62)63)53-15-11-13-49(71-53)44-22-28-47(29-23-44)60(67,68)69/h10-31,33-34H,8-9,32,35-37H2,1-7H3. The third-order valence-electron chi connectivity index (χ3n) is 12.7. The number of halogens is 9. The van der Waals surface area contributed by atoms with Crippen molar-refractivity contribution in [2.75, 3.05) is 16.3 Å². The van der Waals surface area contributed by atoms with Gasteiger partial charge in [0, 0.05) is 37.3 Å². The summed E-state index contributed by atoms with van der Waals surface area (Å²) >= 11 is 0. The van der Waals surface area contributed by atoms with Crippen LogP contribution in [0.2, 0.25) is 0 Å². The molecule has 2 aromatic heterocycles. The summed E-state index contributed by atoms with van der Waals surface area (Å²) in [5, 5.41) is 0. The molecule has 18 heteroatoms. The molecule has 0 N–H and O–H groups in total. The van der Waals surface area contributed by atoms with Crippen LogP contribution in [0.3, 0.4) is 0 Å². The number of rotatable bonds is 19. The van der Waals surface area contributed by atoms with Gasteiger partial charge in [-0.2, -0.15) is 39.5 Å². The number of carbonyl (C=O) groups excluding carboxylic acids is 2. The first-order valence-corrected chi connectivity index (χ1v) is 24.9. The molecule has 0 unspecified atom stereocenters. The van der Waals surface area contributed by atoms with Gasteiger partial charge < -0.3 is 24.0 Å². The molecule has 0 atom stereocenters. The van der Waals surface area contributed by atoms with Crippen molar-refractivity contribution < 1.29 is 63.3 Å². The van der Waals surface area contributed by atoms with E-state index in [9.17, 15) is 49.1 Å². The van der Waals surface area contributed by atoms with Crippen LogP contribution in [0.4, 0.5) is 51.1 Å². The lowest BCUT2D eigenvalue weighted by Gasteiger charge is -2.29. The van der Waals surface area contributed by atoms with Crippen molar-refractivity contribution in [1.82, 2.24) is 9.97 Å². The fourth-order valence-electron chi connectivity index (χ4n) is 8.29. The molecular weight excluding hydrogens is 1030 g/mol. The van der Waals surface area contributed by atoms with Crippen LogP contribution < -0.4 is 19.3 Å². The topological polar surface area (TPSA) is 94.1 Å². The molecule has 7 rings (SSSR count). The Morgan fingerprint density at radius 1 is 0.474 bits per heavy atom. The molecule has 0 saturated heterocycles. The Morgan fingerprint density at radius 2 is 0.833 bits per heavy atom. The fourth-order valence-corrected chi connectivity index (χ4v) is 8.29. The summed E-state index contributed by atoms with van der Waals surface area (Å²) in [4.78, 5) is 40.7. The van der Waals surface area contributed by atoms with E-state index in [4.69, 9.17) is 24.2 Å². The second-order valence-corrected chi connectivity index (χ2v) is 19.8. The zero-order valence-electron chi connectivity index (χ0n) is 43.8. The first kappa shape index (κ1) is 57.8. The van der Waals surface area contributed by atoms with Crippen LogP contribution in [0, 0.1) is 13.8 Å². The highest BCUT2D eigenvalue weighted by molar-refractivity contribution is 5.93. The minimum absolute atomic E-state index is 0.100. The van der Waals surface area contributed by atoms with Crippen molar-refractivity contribution in [2.24, 2.45) is 0 Å². The maximum atomic E-state index is 13.7. The van der Waals surface area contributed by atoms with Crippen molar-refractivity contribution in [1.29, 1.82) is 0 Å². The Morgan fingerprint density at radius 3 is 1.22 bits per heavy atom. The number of aromatic nitrogens is 2. The van der Waals surface area contributed by atoms with Gasteiger partial charge in [-0.05, 0) is 149 Å². The highest BCUT2D eigenvalue weighted by atomic mass is 19.4. The summed E-state index contributed by atoms with van der Waals surface area (Å²) in [6, 6.07) is 35.1. The summed E-state index contributed by atoms with van der Waals surface area (Å²) in [5.41, 5.74) is -0.452. The molecule has 0 aliphatic carbocycles. The van der Waals surface area contributed by atoms with Crippen LogP contribution in [-0.2, 0) is 52.5 Å². The van der Waals surface area contributed by atoms with Crippen molar-refractivity contribution in [3.05, 3.63) is 190 Å². The monoisotopic (exact) mass is 1080 g/mol. The van der Waals surface area contributed by atoms with Crippen LogP contribution in [0.1, 0.15) is 92.0 Å². The zero-order valence-corrected chi connectivity index (χ0v) is 43.8. The molecule has 78 heavy (non-hydrogen) atoms. The molecule has 5 aromatic carbocycles. The normalized spacial score (nSPS) is 12.3. The van der Waals surface area contributed by atoms with Crippen molar-refractivity contribution in [2.45, 2.75) is 111 Å². The molecule has 2 heterocycles. The largest absolute Gasteiger partial charge is 0.476 e. The van der Waals surface area contributed by atoms with Gasteiger partial charge in [0.05, 0.1) is 28.1 Å². The molecule has 0 spiro atoms. The Hall–Kier alpha value is -7.89. The van der Waals surface area contributed by atoms with Gasteiger partial charge in [-0.3, -0.25) is 0 Å². The molecule has 0 bridgehead atoms. The van der Waals surface area contributed by atoms with Crippen LogP contribution in [0.25, 0.3) is 22.5 Å². The molecule has 9 nitrogen and oxygen atoms in total. The van der Waals surface area contributed by atoms with Crippen LogP contribution in [-0.4, -0.2) is 39.7 Å². The van der Waals surface area contributed by atoms with E-state index >= 15 is 0 Å². The maximum absolute atomic E-state index is 13.7. The second kappa shape index (κ2) is 23.4. The number of unbranched alkanes of at least 4 members (excludes halogenated alkanes) is 1. The van der Waals surface area contributed by atoms with Gasteiger partial charge in [-0.15, -0.1) is 0 Å². The lowest BCUT2D eigenvalue weighted by atomic mass is 10.1. The molecule has 0 radical (unpaired) electrons. The first-order valence-electron chi connectivity index (χ1n) is 24.9. The van der Waals surface area contributed by atoms with Crippen LogP contribution >= 0.6 is 0 Å². The van der Waals surface area contributed by atoms with Gasteiger partial charge in [0.15, 0.2) is 0 Å². The average Bonchev–Trinajstić information content (AvgIpc) is 3.39. The van der Waals surface area contributed by atoms with E-state index in [1.165, 1.54) is 64.1 Å². The smallest absolute Gasteiger partial charge is 0.416 e. The molecule has 0 amide bonds. The maximum Gasteiger partial charge on any atom is 0.416 e. The summed E-state index contributed by atoms with van der Waals surface area (Å²) in [5.74, 6) is -0.289. The Kier molecular flexibility index (Phi) is 17.3. The molecular formula is C60H57F9N4O5. The highest BCUT2D eigenvalue weighted by Gasteiger charge is 2.40. The lowest BCUT2D eigenvalue weighted by molar-refractivity contribution is -0.178. The number of esters is 2. The SMILES string of the molecule is CCCCN(Cc1ccc(OC(C)(C)C(=O)OC(=O)C(C)(C)Oc2ccc(CN(Cc3ccc(C(F)(F)F)cc3)c3cccc(-c4ccc(C(F)(F)F)cc4)n3)cc2C)c(C)c1)c1cccc(-c2ccc(C(F)(F)F)cc2)n1. The van der Waals surface area contributed by atoms with E-state index in [-0.39, 0.29) is 18.8 Å². The van der Waals surface area contributed by atoms with Gasteiger partial charge in [0.2, 0.25) is 11.2 Å². The second-order valence-electron chi connectivity index (χ2n) is 19.8. The van der Waals surface area contributed by atoms with Gasteiger partial charge in [0.1, 0.15) is 23.1 Å². The molecule has 0 aliphatic rings. The number of hydrogen-bond donors (Lipinski definition) is 0. The molecule has 0 aliphatic heterocycles. The average molecular weight is 1090 g/mol. The van der Waals surface area contributed by atoms with Crippen molar-refractivity contribution >= 4 is 23.6 Å². The zero-order chi connectivity index (χ0) is 56.8. The number of ether oxygens (including phenoxy) is 3. The Balaban J connectivity index is 1.01. The van der Waals surface area contributed by atoms with Gasteiger partial charge >= 0.3 is 30.5 Å². The van der Waals surface area contributed by atoms with E-state index in [2.05, 4.69) is 11.8 Å².